The molecule has 2 nitrogen and oxygen atoms in total. The van der Waals surface area contributed by atoms with Crippen molar-refractivity contribution in [1.29, 1.82) is 0 Å². The Morgan fingerprint density at radius 1 is 0.241 bits per heavy atom. The second-order valence-corrected chi connectivity index (χ2v) is 18.2. The third-order valence-corrected chi connectivity index (χ3v) is 12.8. The highest BCUT2D eigenvalue weighted by atomic mass is 15.4. The van der Waals surface area contributed by atoms with E-state index in [4.69, 9.17) is 0 Å². The average Bonchev–Trinajstić information content (AvgIpc) is 3.57. The van der Waals surface area contributed by atoms with Crippen molar-refractivity contribution in [3.8, 4) is 0 Å². The van der Waals surface area contributed by atoms with E-state index in [0.717, 1.165) is 0 Å². The molecule has 1 aliphatic rings. The summed E-state index contributed by atoms with van der Waals surface area (Å²) in [5.74, 6) is 0. The fourth-order valence-corrected chi connectivity index (χ4v) is 9.02. The minimum absolute atomic E-state index is 0.635. The van der Waals surface area contributed by atoms with E-state index >= 15 is 0 Å². The fourth-order valence-electron chi connectivity index (χ4n) is 9.02. The van der Waals surface area contributed by atoms with Gasteiger partial charge in [0.2, 0.25) is 0 Å². The second kappa shape index (κ2) is 43.5. The third kappa shape index (κ3) is 34.6. The molecule has 0 amide bonds. The standard InChI is InChI=1S/C52H104N2/c1-4-7-10-13-16-19-22-24-26-27-29-31-34-37-40-43-46-49-54-51-50-53(52(54)47-44-41-38-35-32-21-18-15-12-9-6-3)48-45-42-39-36-33-30-28-25-23-20-17-14-11-8-5-2/h50-52H,4-49H2,1-3H3. The van der Waals surface area contributed by atoms with Crippen LogP contribution in [0.2, 0.25) is 0 Å². The monoisotopic (exact) mass is 757 g/mol. The SMILES string of the molecule is CCCCCCCCCCCCCCCCCCCN1C=CN(CCCCCCCCCCCCCCCCC)C1CCCCCCCCCCCCC. The first-order valence-corrected chi connectivity index (χ1v) is 26.0. The summed E-state index contributed by atoms with van der Waals surface area (Å²) >= 11 is 0. The van der Waals surface area contributed by atoms with Gasteiger partial charge in [0.05, 0.1) is 0 Å². The molecule has 1 aliphatic heterocycles. The largest absolute Gasteiger partial charge is 0.356 e. The predicted octanol–water partition coefficient (Wildman–Crippen LogP) is 18.6. The van der Waals surface area contributed by atoms with Gasteiger partial charge in [0.1, 0.15) is 6.17 Å². The fraction of sp³-hybridized carbons (Fsp3) is 0.962. The molecular formula is C52H104N2. The van der Waals surface area contributed by atoms with E-state index in [9.17, 15) is 0 Å². The summed E-state index contributed by atoms with van der Waals surface area (Å²) in [7, 11) is 0. The highest BCUT2D eigenvalue weighted by Gasteiger charge is 2.25. The van der Waals surface area contributed by atoms with E-state index in [2.05, 4.69) is 43.0 Å². The Morgan fingerprint density at radius 3 is 0.648 bits per heavy atom. The van der Waals surface area contributed by atoms with Crippen molar-refractivity contribution in [3.63, 3.8) is 0 Å². The van der Waals surface area contributed by atoms with Crippen LogP contribution in [0.15, 0.2) is 12.4 Å². The van der Waals surface area contributed by atoms with Crippen LogP contribution in [-0.4, -0.2) is 29.1 Å². The molecule has 1 atom stereocenters. The van der Waals surface area contributed by atoms with Gasteiger partial charge in [-0.2, -0.15) is 0 Å². The molecular weight excluding hydrogens is 653 g/mol. The Morgan fingerprint density at radius 2 is 0.426 bits per heavy atom. The number of hydrogen-bond acceptors (Lipinski definition) is 2. The molecule has 0 fully saturated rings. The molecule has 0 aromatic rings. The Kier molecular flexibility index (Phi) is 41.3. The molecule has 0 aliphatic carbocycles. The summed E-state index contributed by atoms with van der Waals surface area (Å²) in [5, 5.41) is 0. The highest BCUT2D eigenvalue weighted by molar-refractivity contribution is 4.97. The summed E-state index contributed by atoms with van der Waals surface area (Å²) in [6.07, 6.45) is 69.4. The molecule has 0 spiro atoms. The normalized spacial score (nSPS) is 14.3. The van der Waals surface area contributed by atoms with Crippen LogP contribution in [0.25, 0.3) is 0 Å². The van der Waals surface area contributed by atoms with Crippen LogP contribution in [0.1, 0.15) is 303 Å². The van der Waals surface area contributed by atoms with Crippen LogP contribution in [-0.2, 0) is 0 Å². The molecule has 2 heteroatoms. The van der Waals surface area contributed by atoms with Crippen molar-refractivity contribution in [1.82, 2.24) is 9.80 Å². The zero-order valence-corrected chi connectivity index (χ0v) is 38.2. The molecule has 0 saturated carbocycles. The molecule has 1 rings (SSSR count). The summed E-state index contributed by atoms with van der Waals surface area (Å²) in [6, 6.07) is 0. The zero-order valence-electron chi connectivity index (χ0n) is 38.2. The number of rotatable bonds is 46. The molecule has 0 bridgehead atoms. The van der Waals surface area contributed by atoms with Gasteiger partial charge in [-0.05, 0) is 25.7 Å². The number of unbranched alkanes of at least 4 members (excludes halogenated alkanes) is 40. The first-order chi connectivity index (χ1) is 26.8. The van der Waals surface area contributed by atoms with Gasteiger partial charge < -0.3 is 9.80 Å². The van der Waals surface area contributed by atoms with Gasteiger partial charge in [-0.15, -0.1) is 0 Å². The highest BCUT2D eigenvalue weighted by Crippen LogP contribution is 2.24. The molecule has 54 heavy (non-hydrogen) atoms. The number of nitrogens with zero attached hydrogens (tertiary/aromatic N) is 2. The first kappa shape index (κ1) is 51.4. The topological polar surface area (TPSA) is 6.48 Å². The lowest BCUT2D eigenvalue weighted by Gasteiger charge is -2.33. The minimum Gasteiger partial charge on any atom is -0.356 e. The molecule has 0 saturated heterocycles. The van der Waals surface area contributed by atoms with Gasteiger partial charge in [0, 0.05) is 25.5 Å². The van der Waals surface area contributed by atoms with Gasteiger partial charge in [-0.25, -0.2) is 0 Å². The summed E-state index contributed by atoms with van der Waals surface area (Å²) < 4.78 is 0. The molecule has 1 unspecified atom stereocenters. The van der Waals surface area contributed by atoms with Gasteiger partial charge in [-0.3, -0.25) is 0 Å². The maximum absolute atomic E-state index is 2.74. The van der Waals surface area contributed by atoms with Crippen LogP contribution in [0.3, 0.4) is 0 Å². The Labute approximate surface area is 343 Å². The predicted molar refractivity (Wildman–Crippen MR) is 247 cm³/mol. The van der Waals surface area contributed by atoms with E-state index < -0.39 is 0 Å². The summed E-state index contributed by atoms with van der Waals surface area (Å²) in [6.45, 7) is 9.50. The van der Waals surface area contributed by atoms with E-state index in [0.29, 0.717) is 6.17 Å². The van der Waals surface area contributed by atoms with E-state index in [-0.39, 0.29) is 0 Å². The van der Waals surface area contributed by atoms with E-state index in [1.807, 2.05) is 0 Å². The quantitative estimate of drug-likeness (QED) is 0.0571. The molecule has 0 aromatic heterocycles. The van der Waals surface area contributed by atoms with Crippen LogP contribution in [0, 0.1) is 0 Å². The van der Waals surface area contributed by atoms with Crippen LogP contribution in [0.5, 0.6) is 0 Å². The summed E-state index contributed by atoms with van der Waals surface area (Å²) in [4.78, 5) is 5.49. The Balaban J connectivity index is 2.17. The van der Waals surface area contributed by atoms with E-state index in [1.165, 1.54) is 296 Å². The molecule has 1 heterocycles. The van der Waals surface area contributed by atoms with Crippen molar-refractivity contribution in [2.45, 2.75) is 309 Å². The van der Waals surface area contributed by atoms with Crippen LogP contribution < -0.4 is 0 Å². The maximum atomic E-state index is 2.74. The molecule has 0 N–H and O–H groups in total. The lowest BCUT2D eigenvalue weighted by Crippen LogP contribution is -2.39. The second-order valence-electron chi connectivity index (χ2n) is 18.2. The van der Waals surface area contributed by atoms with Crippen LogP contribution >= 0.6 is 0 Å². The van der Waals surface area contributed by atoms with Gasteiger partial charge in [-0.1, -0.05) is 278 Å². The maximum Gasteiger partial charge on any atom is 0.101 e. The van der Waals surface area contributed by atoms with Crippen LogP contribution in [0.4, 0.5) is 0 Å². The molecule has 0 radical (unpaired) electrons. The number of hydrogen-bond donors (Lipinski definition) is 0. The van der Waals surface area contributed by atoms with Crippen molar-refractivity contribution < 1.29 is 0 Å². The summed E-state index contributed by atoms with van der Waals surface area (Å²) in [5.41, 5.74) is 0. The van der Waals surface area contributed by atoms with Gasteiger partial charge in [0.15, 0.2) is 0 Å². The van der Waals surface area contributed by atoms with Crippen molar-refractivity contribution in [2.24, 2.45) is 0 Å². The first-order valence-electron chi connectivity index (χ1n) is 26.0. The van der Waals surface area contributed by atoms with Crippen molar-refractivity contribution in [2.75, 3.05) is 13.1 Å². The van der Waals surface area contributed by atoms with Crippen molar-refractivity contribution in [3.05, 3.63) is 12.4 Å². The molecule has 0 aromatic carbocycles. The minimum atomic E-state index is 0.635. The van der Waals surface area contributed by atoms with Crippen molar-refractivity contribution >= 4 is 0 Å². The molecule has 322 valence electrons. The Bertz CT molecular complexity index is 717. The van der Waals surface area contributed by atoms with Gasteiger partial charge in [0.25, 0.3) is 0 Å². The third-order valence-electron chi connectivity index (χ3n) is 12.8. The lowest BCUT2D eigenvalue weighted by molar-refractivity contribution is 0.135. The smallest absolute Gasteiger partial charge is 0.101 e. The zero-order chi connectivity index (χ0) is 38.7. The van der Waals surface area contributed by atoms with Gasteiger partial charge >= 0.3 is 0 Å². The van der Waals surface area contributed by atoms with E-state index in [1.54, 1.807) is 0 Å². The lowest BCUT2D eigenvalue weighted by atomic mass is 10.0. The Hall–Kier alpha value is -0.660. The average molecular weight is 757 g/mol.